The summed E-state index contributed by atoms with van der Waals surface area (Å²) in [5, 5.41) is 8.73. The fraction of sp³-hybridized carbons (Fsp3) is 0.0870. The second kappa shape index (κ2) is 10.1. The Morgan fingerprint density at radius 3 is 2.03 bits per heavy atom. The Hall–Kier alpha value is -3.03. The number of halogens is 1. The van der Waals surface area contributed by atoms with Gasteiger partial charge in [-0.15, -0.1) is 0 Å². The third-order valence-corrected chi connectivity index (χ3v) is 5.12. The van der Waals surface area contributed by atoms with Gasteiger partial charge in [-0.2, -0.15) is 0 Å². The average Bonchev–Trinajstić information content (AvgIpc) is 2.75. The number of benzene rings is 3. The summed E-state index contributed by atoms with van der Waals surface area (Å²) in [6, 6.07) is 23.5. The van der Waals surface area contributed by atoms with Crippen LogP contribution in [0.2, 0.25) is 0 Å². The number of rotatable bonds is 5. The quantitative estimate of drug-likeness (QED) is 0.445. The molecule has 0 saturated heterocycles. The first-order chi connectivity index (χ1) is 14.4. The highest BCUT2D eigenvalue weighted by Crippen LogP contribution is 2.14. The summed E-state index contributed by atoms with van der Waals surface area (Å²) in [6.07, 6.45) is 0. The van der Waals surface area contributed by atoms with E-state index < -0.39 is 0 Å². The van der Waals surface area contributed by atoms with E-state index in [0.717, 1.165) is 10.0 Å². The van der Waals surface area contributed by atoms with Crippen molar-refractivity contribution in [1.29, 1.82) is 0 Å². The number of anilines is 1. The zero-order chi connectivity index (χ0) is 21.5. The van der Waals surface area contributed by atoms with Gasteiger partial charge in [-0.1, -0.05) is 46.3 Å². The van der Waals surface area contributed by atoms with Crippen LogP contribution < -0.4 is 16.0 Å². The summed E-state index contributed by atoms with van der Waals surface area (Å²) in [6.45, 7) is 1.94. The highest BCUT2D eigenvalue weighted by atomic mass is 79.9. The van der Waals surface area contributed by atoms with E-state index in [0.29, 0.717) is 16.8 Å². The maximum atomic E-state index is 12.5. The average molecular weight is 482 g/mol. The summed E-state index contributed by atoms with van der Waals surface area (Å²) in [5.74, 6) is -0.463. The second-order valence-corrected chi connectivity index (χ2v) is 7.92. The van der Waals surface area contributed by atoms with E-state index >= 15 is 0 Å². The fourth-order valence-electron chi connectivity index (χ4n) is 2.75. The maximum Gasteiger partial charge on any atom is 0.257 e. The van der Waals surface area contributed by atoms with Gasteiger partial charge in [0.15, 0.2) is 5.11 Å². The molecule has 0 radical (unpaired) electrons. The first-order valence-electron chi connectivity index (χ1n) is 9.26. The van der Waals surface area contributed by atoms with Crippen LogP contribution in [0.4, 0.5) is 5.69 Å². The molecule has 3 rings (SSSR count). The monoisotopic (exact) mass is 481 g/mol. The maximum absolute atomic E-state index is 12.5. The molecule has 0 heterocycles. The molecule has 0 aliphatic heterocycles. The van der Waals surface area contributed by atoms with Crippen molar-refractivity contribution in [2.24, 2.45) is 0 Å². The molecule has 0 aliphatic rings. The van der Waals surface area contributed by atoms with Gasteiger partial charge in [0.1, 0.15) is 0 Å². The smallest absolute Gasteiger partial charge is 0.257 e. The van der Waals surface area contributed by atoms with Gasteiger partial charge in [0.05, 0.1) is 6.04 Å². The topological polar surface area (TPSA) is 70.2 Å². The van der Waals surface area contributed by atoms with Crippen molar-refractivity contribution in [3.05, 3.63) is 100 Å². The van der Waals surface area contributed by atoms with Crippen LogP contribution in [0.15, 0.2) is 83.3 Å². The third kappa shape index (κ3) is 5.98. The van der Waals surface area contributed by atoms with Gasteiger partial charge in [0, 0.05) is 21.3 Å². The predicted molar refractivity (Wildman–Crippen MR) is 127 cm³/mol. The molecule has 0 aliphatic carbocycles. The van der Waals surface area contributed by atoms with E-state index in [-0.39, 0.29) is 23.0 Å². The standard InChI is InChI=1S/C23H20BrN3O2S/c1-15(16-5-3-2-4-6-16)25-21(28)18-9-13-20(14-10-18)26-23(30)27-22(29)17-7-11-19(24)12-8-17/h2-15H,1H3,(H,25,28)(H2,26,27,29,30). The highest BCUT2D eigenvalue weighted by molar-refractivity contribution is 9.10. The number of carbonyl (C=O) groups excluding carboxylic acids is 2. The van der Waals surface area contributed by atoms with Gasteiger partial charge in [0.25, 0.3) is 11.8 Å². The Morgan fingerprint density at radius 1 is 0.833 bits per heavy atom. The third-order valence-electron chi connectivity index (χ3n) is 4.39. The second-order valence-electron chi connectivity index (χ2n) is 6.60. The molecular formula is C23H20BrN3O2S. The summed E-state index contributed by atoms with van der Waals surface area (Å²) in [7, 11) is 0. The number of nitrogens with one attached hydrogen (secondary N) is 3. The predicted octanol–water partition coefficient (Wildman–Crippen LogP) is 5.07. The molecule has 3 aromatic carbocycles. The SMILES string of the molecule is CC(NC(=O)c1ccc(NC(=S)NC(=O)c2ccc(Br)cc2)cc1)c1ccccc1. The molecule has 1 unspecified atom stereocenters. The molecule has 7 heteroatoms. The minimum atomic E-state index is -0.300. The van der Waals surface area contributed by atoms with Gasteiger partial charge in [-0.05, 0) is 73.2 Å². The summed E-state index contributed by atoms with van der Waals surface area (Å²) < 4.78 is 0.891. The van der Waals surface area contributed by atoms with Crippen molar-refractivity contribution in [1.82, 2.24) is 10.6 Å². The van der Waals surface area contributed by atoms with Gasteiger partial charge in [-0.25, -0.2) is 0 Å². The van der Waals surface area contributed by atoms with Crippen LogP contribution >= 0.6 is 28.1 Å². The van der Waals surface area contributed by atoms with E-state index in [4.69, 9.17) is 12.2 Å². The van der Waals surface area contributed by atoms with Crippen LogP contribution in [0.25, 0.3) is 0 Å². The molecule has 30 heavy (non-hydrogen) atoms. The summed E-state index contributed by atoms with van der Waals surface area (Å²) in [5.41, 5.74) is 2.75. The largest absolute Gasteiger partial charge is 0.346 e. The van der Waals surface area contributed by atoms with Crippen LogP contribution in [0, 0.1) is 0 Å². The Balaban J connectivity index is 1.54. The lowest BCUT2D eigenvalue weighted by molar-refractivity contribution is 0.0938. The number of amides is 2. The van der Waals surface area contributed by atoms with Crippen molar-refractivity contribution in [3.8, 4) is 0 Å². The summed E-state index contributed by atoms with van der Waals surface area (Å²) >= 11 is 8.53. The Morgan fingerprint density at radius 2 is 1.40 bits per heavy atom. The fourth-order valence-corrected chi connectivity index (χ4v) is 3.22. The molecular weight excluding hydrogens is 462 g/mol. The van der Waals surface area contributed by atoms with E-state index in [1.165, 1.54) is 0 Å². The normalized spacial score (nSPS) is 11.3. The molecule has 0 spiro atoms. The van der Waals surface area contributed by atoms with E-state index in [2.05, 4.69) is 31.9 Å². The van der Waals surface area contributed by atoms with Gasteiger partial charge >= 0.3 is 0 Å². The molecule has 0 aromatic heterocycles. The van der Waals surface area contributed by atoms with Crippen LogP contribution in [0.1, 0.15) is 39.2 Å². The lowest BCUT2D eigenvalue weighted by Crippen LogP contribution is -2.34. The van der Waals surface area contributed by atoms with Gasteiger partial charge < -0.3 is 10.6 Å². The van der Waals surface area contributed by atoms with Crippen molar-refractivity contribution in [3.63, 3.8) is 0 Å². The van der Waals surface area contributed by atoms with Crippen molar-refractivity contribution in [2.75, 3.05) is 5.32 Å². The minimum absolute atomic E-state index is 0.0992. The zero-order valence-corrected chi connectivity index (χ0v) is 18.6. The molecule has 5 nitrogen and oxygen atoms in total. The number of hydrogen-bond acceptors (Lipinski definition) is 3. The number of hydrogen-bond donors (Lipinski definition) is 3. The molecule has 2 amide bonds. The Kier molecular flexibility index (Phi) is 7.32. The molecule has 152 valence electrons. The molecule has 0 saturated carbocycles. The first kappa shape index (κ1) is 21.7. The lowest BCUT2D eigenvalue weighted by atomic mass is 10.1. The Labute approximate surface area is 189 Å². The Bertz CT molecular complexity index is 1040. The van der Waals surface area contributed by atoms with Crippen molar-refractivity contribution >= 4 is 50.8 Å². The van der Waals surface area contributed by atoms with Gasteiger partial charge in [-0.3, -0.25) is 14.9 Å². The van der Waals surface area contributed by atoms with Crippen LogP contribution in [0.3, 0.4) is 0 Å². The molecule has 3 aromatic rings. The molecule has 1 atom stereocenters. The highest BCUT2D eigenvalue weighted by Gasteiger charge is 2.12. The van der Waals surface area contributed by atoms with Crippen LogP contribution in [0.5, 0.6) is 0 Å². The molecule has 0 bridgehead atoms. The first-order valence-corrected chi connectivity index (χ1v) is 10.5. The summed E-state index contributed by atoms with van der Waals surface area (Å²) in [4.78, 5) is 24.7. The lowest BCUT2D eigenvalue weighted by Gasteiger charge is -2.15. The number of thiocarbonyl (C=S) groups is 1. The number of carbonyl (C=O) groups is 2. The van der Waals surface area contributed by atoms with E-state index in [1.54, 1.807) is 48.5 Å². The zero-order valence-electron chi connectivity index (χ0n) is 16.2. The van der Waals surface area contributed by atoms with Crippen LogP contribution in [-0.2, 0) is 0 Å². The van der Waals surface area contributed by atoms with Crippen molar-refractivity contribution < 1.29 is 9.59 Å². The van der Waals surface area contributed by atoms with E-state index in [1.807, 2.05) is 37.3 Å². The molecule has 3 N–H and O–H groups in total. The molecule has 0 fully saturated rings. The van der Waals surface area contributed by atoms with Gasteiger partial charge in [0.2, 0.25) is 0 Å². The van der Waals surface area contributed by atoms with E-state index in [9.17, 15) is 9.59 Å². The van der Waals surface area contributed by atoms with Crippen molar-refractivity contribution in [2.45, 2.75) is 13.0 Å². The minimum Gasteiger partial charge on any atom is -0.346 e. The van der Waals surface area contributed by atoms with Crippen LogP contribution in [-0.4, -0.2) is 16.9 Å².